The molecule has 2 aromatic rings. The molecule has 9 nitrogen and oxygen atoms in total. The average molecular weight is 420 g/mol. The molecule has 1 fully saturated rings. The van der Waals surface area contributed by atoms with Crippen LogP contribution in [0.5, 0.6) is 11.8 Å². The molecule has 1 saturated heterocycles. The van der Waals surface area contributed by atoms with E-state index in [0.717, 1.165) is 32.7 Å². The molecule has 0 radical (unpaired) electrons. The lowest BCUT2D eigenvalue weighted by atomic mass is 10.2. The van der Waals surface area contributed by atoms with Gasteiger partial charge >= 0.3 is 0 Å². The minimum Gasteiger partial charge on any atom is -0.480 e. The standard InChI is InChI=1S/C19H29N7O2S/c1-4-5-6-9-25-10-12-26(13-11-25)18-23-16(27-2)15(17(24-18)28-3)29-19-21-8-7-14(20)22-19/h7-8H,4-6,9-13H2,1-3H3,(H2,20,21,22). The lowest BCUT2D eigenvalue weighted by Gasteiger charge is -2.35. The molecular weight excluding hydrogens is 390 g/mol. The van der Waals surface area contributed by atoms with E-state index in [1.807, 2.05) is 0 Å². The number of rotatable bonds is 9. The fraction of sp³-hybridized carbons (Fsp3) is 0.579. The number of piperazine rings is 1. The molecule has 0 aromatic carbocycles. The minimum absolute atomic E-state index is 0.398. The number of aromatic nitrogens is 4. The van der Waals surface area contributed by atoms with Gasteiger partial charge in [-0.2, -0.15) is 9.97 Å². The average Bonchev–Trinajstić information content (AvgIpc) is 2.74. The van der Waals surface area contributed by atoms with Gasteiger partial charge in [-0.05, 0) is 30.8 Å². The monoisotopic (exact) mass is 419 g/mol. The molecule has 10 heteroatoms. The Morgan fingerprint density at radius 3 is 2.31 bits per heavy atom. The Hall–Kier alpha value is -2.33. The molecule has 1 aliphatic heterocycles. The Morgan fingerprint density at radius 1 is 1.03 bits per heavy atom. The number of nitrogen functional groups attached to an aromatic ring is 1. The fourth-order valence-electron chi connectivity index (χ4n) is 3.16. The maximum absolute atomic E-state index is 5.76. The molecule has 0 unspecified atom stereocenters. The molecule has 1 aliphatic rings. The summed E-state index contributed by atoms with van der Waals surface area (Å²) in [5.74, 6) is 1.89. The number of ether oxygens (including phenoxy) is 2. The van der Waals surface area contributed by atoms with Crippen molar-refractivity contribution in [2.75, 3.05) is 57.6 Å². The van der Waals surface area contributed by atoms with Crippen LogP contribution in [0.2, 0.25) is 0 Å². The Kier molecular flexibility index (Phi) is 7.70. The zero-order valence-corrected chi connectivity index (χ0v) is 18.1. The summed E-state index contributed by atoms with van der Waals surface area (Å²) in [6, 6.07) is 1.64. The van der Waals surface area contributed by atoms with Crippen LogP contribution in [0.15, 0.2) is 22.3 Å². The van der Waals surface area contributed by atoms with Crippen LogP contribution < -0.4 is 20.1 Å². The lowest BCUT2D eigenvalue weighted by Crippen LogP contribution is -2.47. The molecule has 3 rings (SSSR count). The molecule has 0 bridgehead atoms. The third-order valence-corrected chi connectivity index (χ3v) is 5.69. The van der Waals surface area contributed by atoms with E-state index in [-0.39, 0.29) is 0 Å². The van der Waals surface area contributed by atoms with E-state index in [1.165, 1.54) is 31.0 Å². The second-order valence-corrected chi connectivity index (χ2v) is 7.75. The first-order valence-electron chi connectivity index (χ1n) is 9.88. The van der Waals surface area contributed by atoms with Crippen molar-refractivity contribution < 1.29 is 9.47 Å². The molecule has 29 heavy (non-hydrogen) atoms. The number of methoxy groups -OCH3 is 2. The first kappa shape index (κ1) is 21.4. The SMILES string of the molecule is CCCCCN1CCN(c2nc(OC)c(Sc3nccc(N)n3)c(OC)n2)CC1. The molecule has 0 atom stereocenters. The summed E-state index contributed by atoms with van der Waals surface area (Å²) in [6.07, 6.45) is 5.40. The first-order valence-corrected chi connectivity index (χ1v) is 10.7. The Morgan fingerprint density at radius 2 is 1.72 bits per heavy atom. The molecule has 3 heterocycles. The van der Waals surface area contributed by atoms with Crippen molar-refractivity contribution >= 4 is 23.5 Å². The van der Waals surface area contributed by atoms with Gasteiger partial charge in [-0.3, -0.25) is 4.90 Å². The van der Waals surface area contributed by atoms with Crippen molar-refractivity contribution in [3.63, 3.8) is 0 Å². The normalized spacial score (nSPS) is 14.8. The van der Waals surface area contributed by atoms with Gasteiger partial charge < -0.3 is 20.1 Å². The van der Waals surface area contributed by atoms with Gasteiger partial charge in [0.25, 0.3) is 0 Å². The van der Waals surface area contributed by atoms with Crippen LogP contribution in [0.25, 0.3) is 0 Å². The van der Waals surface area contributed by atoms with Gasteiger partial charge in [0, 0.05) is 32.4 Å². The van der Waals surface area contributed by atoms with Gasteiger partial charge in [0.05, 0.1) is 14.2 Å². The molecule has 2 aromatic heterocycles. The minimum atomic E-state index is 0.398. The quantitative estimate of drug-likeness (QED) is 0.481. The third kappa shape index (κ3) is 5.60. The maximum Gasteiger partial charge on any atom is 0.236 e. The summed E-state index contributed by atoms with van der Waals surface area (Å²) in [6.45, 7) is 7.16. The zero-order valence-electron chi connectivity index (χ0n) is 17.3. The van der Waals surface area contributed by atoms with Crippen molar-refractivity contribution in [1.29, 1.82) is 0 Å². The number of hydrogen-bond acceptors (Lipinski definition) is 10. The van der Waals surface area contributed by atoms with E-state index in [0.29, 0.717) is 33.6 Å². The number of hydrogen-bond donors (Lipinski definition) is 1. The highest BCUT2D eigenvalue weighted by Gasteiger charge is 2.24. The third-order valence-electron chi connectivity index (χ3n) is 4.76. The summed E-state index contributed by atoms with van der Waals surface area (Å²) in [4.78, 5) is 23.0. The number of unbranched alkanes of at least 4 members (excludes halogenated alkanes) is 2. The highest BCUT2D eigenvalue weighted by Crippen LogP contribution is 2.39. The second kappa shape index (κ2) is 10.4. The molecule has 0 saturated carbocycles. The topological polar surface area (TPSA) is 103 Å². The Balaban J connectivity index is 1.74. The number of nitrogens with zero attached hydrogens (tertiary/aromatic N) is 6. The van der Waals surface area contributed by atoms with Gasteiger partial charge in [-0.15, -0.1) is 0 Å². The molecule has 2 N–H and O–H groups in total. The van der Waals surface area contributed by atoms with Crippen LogP contribution in [0.1, 0.15) is 26.2 Å². The Bertz CT molecular complexity index is 775. The second-order valence-electron chi connectivity index (χ2n) is 6.77. The van der Waals surface area contributed by atoms with Crippen molar-refractivity contribution in [1.82, 2.24) is 24.8 Å². The molecule has 158 valence electrons. The first-order chi connectivity index (χ1) is 14.1. The van der Waals surface area contributed by atoms with Crippen LogP contribution in [0.3, 0.4) is 0 Å². The van der Waals surface area contributed by atoms with Crippen LogP contribution in [-0.4, -0.2) is 71.8 Å². The molecule has 0 aliphatic carbocycles. The number of nitrogens with two attached hydrogens (primary N) is 1. The molecular formula is C19H29N7O2S. The van der Waals surface area contributed by atoms with Gasteiger partial charge in [-0.1, -0.05) is 19.8 Å². The van der Waals surface area contributed by atoms with Crippen LogP contribution >= 0.6 is 11.8 Å². The van der Waals surface area contributed by atoms with Crippen LogP contribution in [0.4, 0.5) is 11.8 Å². The van der Waals surface area contributed by atoms with Gasteiger partial charge in [0.2, 0.25) is 17.7 Å². The van der Waals surface area contributed by atoms with E-state index >= 15 is 0 Å². The van der Waals surface area contributed by atoms with Crippen molar-refractivity contribution in [3.8, 4) is 11.8 Å². The van der Waals surface area contributed by atoms with E-state index in [9.17, 15) is 0 Å². The van der Waals surface area contributed by atoms with E-state index in [1.54, 1.807) is 26.5 Å². The summed E-state index contributed by atoms with van der Waals surface area (Å²) in [5, 5.41) is 0.485. The maximum atomic E-state index is 5.76. The van der Waals surface area contributed by atoms with Gasteiger partial charge in [0.1, 0.15) is 10.7 Å². The summed E-state index contributed by atoms with van der Waals surface area (Å²) in [7, 11) is 3.17. The van der Waals surface area contributed by atoms with Crippen molar-refractivity contribution in [2.45, 2.75) is 36.2 Å². The van der Waals surface area contributed by atoms with E-state index in [4.69, 9.17) is 15.2 Å². The number of anilines is 2. The highest BCUT2D eigenvalue weighted by atomic mass is 32.2. The van der Waals surface area contributed by atoms with Crippen molar-refractivity contribution in [2.24, 2.45) is 0 Å². The molecule has 0 amide bonds. The summed E-state index contributed by atoms with van der Waals surface area (Å²) in [5.41, 5.74) is 5.76. The smallest absolute Gasteiger partial charge is 0.236 e. The highest BCUT2D eigenvalue weighted by molar-refractivity contribution is 7.99. The largest absolute Gasteiger partial charge is 0.480 e. The lowest BCUT2D eigenvalue weighted by molar-refractivity contribution is 0.250. The van der Waals surface area contributed by atoms with E-state index < -0.39 is 0 Å². The molecule has 0 spiro atoms. The Labute approximate surface area is 176 Å². The van der Waals surface area contributed by atoms with Gasteiger partial charge in [-0.25, -0.2) is 9.97 Å². The predicted octanol–water partition coefficient (Wildman–Crippen LogP) is 2.33. The van der Waals surface area contributed by atoms with E-state index in [2.05, 4.69) is 36.7 Å². The summed E-state index contributed by atoms with van der Waals surface area (Å²) >= 11 is 1.27. The van der Waals surface area contributed by atoms with Crippen molar-refractivity contribution in [3.05, 3.63) is 12.3 Å². The summed E-state index contributed by atoms with van der Waals surface area (Å²) < 4.78 is 11.1. The predicted molar refractivity (Wildman–Crippen MR) is 114 cm³/mol. The zero-order chi connectivity index (χ0) is 20.6. The van der Waals surface area contributed by atoms with Crippen LogP contribution in [0, 0.1) is 0 Å². The van der Waals surface area contributed by atoms with Crippen LogP contribution in [-0.2, 0) is 0 Å². The fourth-order valence-corrected chi connectivity index (χ4v) is 4.04. The van der Waals surface area contributed by atoms with Gasteiger partial charge in [0.15, 0.2) is 5.16 Å².